The summed E-state index contributed by atoms with van der Waals surface area (Å²) in [5.41, 5.74) is 0.946. The topological polar surface area (TPSA) is 63.1 Å². The van der Waals surface area contributed by atoms with Crippen LogP contribution in [0.1, 0.15) is 33.3 Å². The Balaban J connectivity index is 2.06. The zero-order valence-electron chi connectivity index (χ0n) is 14.4. The van der Waals surface area contributed by atoms with Gasteiger partial charge in [-0.05, 0) is 24.5 Å². The Morgan fingerprint density at radius 3 is 2.70 bits per heavy atom. The molecular weight excluding hydrogens is 290 g/mol. The normalized spacial score (nSPS) is 12.7. The van der Waals surface area contributed by atoms with E-state index in [4.69, 9.17) is 0 Å². The van der Waals surface area contributed by atoms with Crippen molar-refractivity contribution in [3.8, 4) is 5.82 Å². The van der Waals surface area contributed by atoms with Gasteiger partial charge in [-0.1, -0.05) is 26.8 Å². The van der Waals surface area contributed by atoms with E-state index in [0.29, 0.717) is 6.54 Å². The lowest BCUT2D eigenvalue weighted by Crippen LogP contribution is -2.47. The lowest BCUT2D eigenvalue weighted by Gasteiger charge is -2.35. The third-order valence-electron chi connectivity index (χ3n) is 4.17. The van der Waals surface area contributed by atoms with Gasteiger partial charge < -0.3 is 10.2 Å². The third-order valence-corrected chi connectivity index (χ3v) is 4.17. The third kappa shape index (κ3) is 4.09. The van der Waals surface area contributed by atoms with Gasteiger partial charge in [-0.15, -0.1) is 0 Å². The predicted octanol–water partition coefficient (Wildman–Crippen LogP) is 2.84. The zero-order chi connectivity index (χ0) is 17.0. The Labute approximate surface area is 137 Å². The molecule has 6 heteroatoms. The summed E-state index contributed by atoms with van der Waals surface area (Å²) in [6.45, 7) is 8.83. The van der Waals surface area contributed by atoms with Gasteiger partial charge in [0, 0.05) is 43.8 Å². The molecule has 0 aliphatic rings. The molecule has 0 aromatic carbocycles. The highest BCUT2D eigenvalue weighted by molar-refractivity contribution is 5.74. The highest BCUT2D eigenvalue weighted by Crippen LogP contribution is 2.23. The molecule has 124 valence electrons. The number of urea groups is 1. The molecule has 0 fully saturated rings. The smallest absolute Gasteiger partial charge is 0.317 e. The summed E-state index contributed by atoms with van der Waals surface area (Å²) in [5, 5.41) is 7.16. The molecule has 2 rings (SSSR count). The Bertz CT molecular complexity index is 645. The van der Waals surface area contributed by atoms with Crippen LogP contribution in [0, 0.1) is 5.41 Å². The van der Waals surface area contributed by atoms with Gasteiger partial charge >= 0.3 is 6.03 Å². The SMILES string of the molecule is C[C@@H](N(C)C(=O)NCc1cccnc1-n1cccn1)C(C)(C)C. The first-order chi connectivity index (χ1) is 10.8. The first kappa shape index (κ1) is 17.0. The maximum Gasteiger partial charge on any atom is 0.317 e. The summed E-state index contributed by atoms with van der Waals surface area (Å²) in [6.07, 6.45) is 5.26. The summed E-state index contributed by atoms with van der Waals surface area (Å²) in [5.74, 6) is 0.726. The van der Waals surface area contributed by atoms with Crippen molar-refractivity contribution in [2.45, 2.75) is 40.3 Å². The molecule has 2 amide bonds. The second-order valence-electron chi connectivity index (χ2n) is 6.75. The van der Waals surface area contributed by atoms with Crippen LogP contribution in [-0.4, -0.2) is 38.8 Å². The predicted molar refractivity (Wildman–Crippen MR) is 90.3 cm³/mol. The fraction of sp³-hybridized carbons (Fsp3) is 0.471. The standard InChI is InChI=1S/C17H25N5O/c1-13(17(2,3)4)21(5)16(23)19-12-14-8-6-9-18-15(14)22-11-7-10-20-22/h6-11,13H,12H2,1-5H3,(H,19,23)/t13-/m1/s1. The van der Waals surface area contributed by atoms with Gasteiger partial charge in [0.15, 0.2) is 5.82 Å². The Morgan fingerprint density at radius 1 is 1.35 bits per heavy atom. The van der Waals surface area contributed by atoms with Crippen molar-refractivity contribution in [3.05, 3.63) is 42.4 Å². The first-order valence-corrected chi connectivity index (χ1v) is 7.75. The van der Waals surface area contributed by atoms with Gasteiger partial charge in [0.2, 0.25) is 0 Å². The number of nitrogens with one attached hydrogen (secondary N) is 1. The molecule has 0 unspecified atom stereocenters. The molecule has 2 heterocycles. The summed E-state index contributed by atoms with van der Waals surface area (Å²) >= 11 is 0. The van der Waals surface area contributed by atoms with Crippen LogP contribution in [0.25, 0.3) is 5.82 Å². The van der Waals surface area contributed by atoms with Crippen LogP contribution in [0.3, 0.4) is 0 Å². The summed E-state index contributed by atoms with van der Waals surface area (Å²) < 4.78 is 1.70. The van der Waals surface area contributed by atoms with E-state index in [1.165, 1.54) is 0 Å². The molecule has 0 saturated carbocycles. The van der Waals surface area contributed by atoms with Crippen molar-refractivity contribution in [3.63, 3.8) is 0 Å². The molecule has 0 spiro atoms. The number of amides is 2. The number of pyridine rings is 1. The average Bonchev–Trinajstić information content (AvgIpc) is 3.04. The number of carbonyl (C=O) groups excluding carboxylic acids is 1. The average molecular weight is 315 g/mol. The molecule has 1 N–H and O–H groups in total. The minimum Gasteiger partial charge on any atom is -0.334 e. The van der Waals surface area contributed by atoms with Crippen molar-refractivity contribution in [2.75, 3.05) is 7.05 Å². The molecular formula is C17H25N5O. The van der Waals surface area contributed by atoms with E-state index in [1.807, 2.05) is 31.4 Å². The van der Waals surface area contributed by atoms with Crippen LogP contribution >= 0.6 is 0 Å². The van der Waals surface area contributed by atoms with Crippen molar-refractivity contribution < 1.29 is 4.79 Å². The van der Waals surface area contributed by atoms with Crippen LogP contribution in [0.15, 0.2) is 36.8 Å². The lowest BCUT2D eigenvalue weighted by atomic mass is 9.87. The highest BCUT2D eigenvalue weighted by Gasteiger charge is 2.26. The van der Waals surface area contributed by atoms with E-state index in [-0.39, 0.29) is 17.5 Å². The van der Waals surface area contributed by atoms with Gasteiger partial charge in [-0.3, -0.25) is 0 Å². The van der Waals surface area contributed by atoms with Crippen molar-refractivity contribution in [1.29, 1.82) is 0 Å². The number of hydrogen-bond donors (Lipinski definition) is 1. The van der Waals surface area contributed by atoms with Gasteiger partial charge in [-0.25, -0.2) is 14.5 Å². The number of aromatic nitrogens is 3. The van der Waals surface area contributed by atoms with Gasteiger partial charge in [0.05, 0.1) is 0 Å². The number of carbonyl (C=O) groups is 1. The van der Waals surface area contributed by atoms with Crippen LogP contribution < -0.4 is 5.32 Å². The van der Waals surface area contributed by atoms with E-state index in [2.05, 4.69) is 43.1 Å². The second kappa shape index (κ2) is 6.81. The molecule has 2 aromatic heterocycles. The number of rotatable bonds is 4. The Kier molecular flexibility index (Phi) is 5.03. The maximum atomic E-state index is 12.4. The highest BCUT2D eigenvalue weighted by atomic mass is 16.2. The molecule has 0 aliphatic carbocycles. The zero-order valence-corrected chi connectivity index (χ0v) is 14.4. The molecule has 0 saturated heterocycles. The molecule has 2 aromatic rings. The second-order valence-corrected chi connectivity index (χ2v) is 6.75. The van der Waals surface area contributed by atoms with Crippen LogP contribution in [0.2, 0.25) is 0 Å². The van der Waals surface area contributed by atoms with Crippen LogP contribution in [-0.2, 0) is 6.54 Å². The van der Waals surface area contributed by atoms with Crippen molar-refractivity contribution >= 4 is 6.03 Å². The number of nitrogens with zero attached hydrogens (tertiary/aromatic N) is 4. The van der Waals surface area contributed by atoms with Crippen LogP contribution in [0.5, 0.6) is 0 Å². The molecule has 6 nitrogen and oxygen atoms in total. The first-order valence-electron chi connectivity index (χ1n) is 7.75. The largest absolute Gasteiger partial charge is 0.334 e. The number of hydrogen-bond acceptors (Lipinski definition) is 3. The Hall–Kier alpha value is -2.37. The van der Waals surface area contributed by atoms with Crippen molar-refractivity contribution in [1.82, 2.24) is 25.0 Å². The maximum absolute atomic E-state index is 12.4. The molecule has 0 bridgehead atoms. The van der Waals surface area contributed by atoms with Crippen LogP contribution in [0.4, 0.5) is 4.79 Å². The van der Waals surface area contributed by atoms with E-state index in [1.54, 1.807) is 22.0 Å². The van der Waals surface area contributed by atoms with E-state index >= 15 is 0 Å². The molecule has 0 radical (unpaired) electrons. The fourth-order valence-electron chi connectivity index (χ4n) is 2.22. The van der Waals surface area contributed by atoms with Gasteiger partial charge in [0.1, 0.15) is 0 Å². The minimum absolute atomic E-state index is 0.0284. The van der Waals surface area contributed by atoms with Gasteiger partial charge in [0.25, 0.3) is 0 Å². The van der Waals surface area contributed by atoms with E-state index < -0.39 is 0 Å². The summed E-state index contributed by atoms with van der Waals surface area (Å²) in [4.78, 5) is 18.5. The fourth-order valence-corrected chi connectivity index (χ4v) is 2.22. The summed E-state index contributed by atoms with van der Waals surface area (Å²) in [7, 11) is 1.82. The molecule has 23 heavy (non-hydrogen) atoms. The summed E-state index contributed by atoms with van der Waals surface area (Å²) in [6, 6.07) is 5.67. The molecule has 1 atom stereocenters. The monoisotopic (exact) mass is 315 g/mol. The molecule has 0 aliphatic heterocycles. The van der Waals surface area contributed by atoms with Crippen molar-refractivity contribution in [2.24, 2.45) is 5.41 Å². The van der Waals surface area contributed by atoms with Gasteiger partial charge in [-0.2, -0.15) is 5.10 Å². The van der Waals surface area contributed by atoms with E-state index in [9.17, 15) is 4.79 Å². The Morgan fingerprint density at radius 2 is 2.09 bits per heavy atom. The minimum atomic E-state index is -0.0947. The lowest BCUT2D eigenvalue weighted by molar-refractivity contribution is 0.145. The van der Waals surface area contributed by atoms with E-state index in [0.717, 1.165) is 11.4 Å². The quantitative estimate of drug-likeness (QED) is 0.943.